The van der Waals surface area contributed by atoms with Crippen LogP contribution in [0.4, 0.5) is 11.4 Å². The van der Waals surface area contributed by atoms with E-state index in [9.17, 15) is 0 Å². The van der Waals surface area contributed by atoms with E-state index in [2.05, 4.69) is 167 Å². The Morgan fingerprint density at radius 1 is 0.478 bits per heavy atom. The molecular weight excluding hydrogens is 560 g/mol. The number of para-hydroxylation sites is 2. The topological polar surface area (TPSA) is 31.0 Å². The van der Waals surface area contributed by atoms with Crippen LogP contribution in [-0.2, 0) is 0 Å². The van der Waals surface area contributed by atoms with Crippen LogP contribution in [0.3, 0.4) is 0 Å². The normalized spacial score (nSPS) is 16.0. The Morgan fingerprint density at radius 2 is 0.978 bits per heavy atom. The molecule has 8 rings (SSSR count). The Hall–Kier alpha value is -5.87. The third kappa shape index (κ3) is 5.46. The molecule has 0 N–H and O–H groups in total. The van der Waals surface area contributed by atoms with Crippen molar-refractivity contribution in [2.45, 2.75) is 18.9 Å². The van der Waals surface area contributed by atoms with Gasteiger partial charge >= 0.3 is 0 Å². The van der Waals surface area contributed by atoms with Crippen molar-refractivity contribution in [2.75, 3.05) is 5.01 Å². The molecule has 0 amide bonds. The molecule has 0 radical (unpaired) electrons. The maximum Gasteiger partial charge on any atom is 0.238 e. The average Bonchev–Trinajstić information content (AvgIpc) is 3.80. The molecule has 0 saturated carbocycles. The van der Waals surface area contributed by atoms with Crippen molar-refractivity contribution >= 4 is 28.5 Å². The second-order valence-electron chi connectivity index (χ2n) is 11.7. The van der Waals surface area contributed by atoms with E-state index in [1.54, 1.807) is 0 Å². The summed E-state index contributed by atoms with van der Waals surface area (Å²) in [6.45, 7) is 0. The fourth-order valence-corrected chi connectivity index (χ4v) is 6.39. The molecule has 1 atom stereocenters. The van der Waals surface area contributed by atoms with Crippen LogP contribution in [0.2, 0.25) is 0 Å². The molecule has 0 aliphatic carbocycles. The van der Waals surface area contributed by atoms with Crippen LogP contribution in [0.25, 0.3) is 11.1 Å². The number of anilines is 1. The summed E-state index contributed by atoms with van der Waals surface area (Å²) < 4.78 is 2.10. The van der Waals surface area contributed by atoms with Crippen LogP contribution in [0.15, 0.2) is 180 Å². The minimum atomic E-state index is 0.135. The van der Waals surface area contributed by atoms with Gasteiger partial charge in [0.2, 0.25) is 11.4 Å². The molecule has 0 fully saturated rings. The van der Waals surface area contributed by atoms with Crippen molar-refractivity contribution in [3.8, 4) is 11.1 Å². The molecule has 1 unspecified atom stereocenters. The predicted octanol–water partition coefficient (Wildman–Crippen LogP) is 9.65. The lowest BCUT2D eigenvalue weighted by Crippen LogP contribution is -2.18. The number of hydrogen-bond acceptors (Lipinski definition) is 3. The zero-order valence-electron chi connectivity index (χ0n) is 25.4. The number of hydrogen-bond donors (Lipinski definition) is 0. The fourth-order valence-electron chi connectivity index (χ4n) is 6.39. The van der Waals surface area contributed by atoms with Crippen molar-refractivity contribution in [3.63, 3.8) is 0 Å². The van der Waals surface area contributed by atoms with Crippen molar-refractivity contribution < 1.29 is 4.68 Å². The predicted molar refractivity (Wildman–Crippen MR) is 189 cm³/mol. The maximum atomic E-state index is 5.10. The van der Waals surface area contributed by atoms with Crippen molar-refractivity contribution in [1.82, 2.24) is 0 Å². The quantitative estimate of drug-likeness (QED) is 0.170. The molecule has 0 aromatic heterocycles. The van der Waals surface area contributed by atoms with Gasteiger partial charge in [-0.2, -0.15) is 5.10 Å². The van der Waals surface area contributed by atoms with Crippen LogP contribution in [0, 0.1) is 0 Å². The number of nitrogens with zero attached hydrogens (tertiary/aromatic N) is 4. The maximum absolute atomic E-state index is 5.10. The first kappa shape index (κ1) is 27.7. The molecule has 0 saturated heterocycles. The molecule has 2 aliphatic rings. The van der Waals surface area contributed by atoms with Gasteiger partial charge in [-0.05, 0) is 51.2 Å². The fraction of sp³-hybridized carbons (Fsp3) is 0.0714. The molecule has 220 valence electrons. The monoisotopic (exact) mass is 593 g/mol. The van der Waals surface area contributed by atoms with E-state index in [-0.39, 0.29) is 6.04 Å². The van der Waals surface area contributed by atoms with Gasteiger partial charge in [0, 0.05) is 34.8 Å². The van der Waals surface area contributed by atoms with E-state index in [1.807, 2.05) is 12.1 Å². The van der Waals surface area contributed by atoms with Gasteiger partial charge in [0.15, 0.2) is 0 Å². The van der Waals surface area contributed by atoms with Gasteiger partial charge in [-0.3, -0.25) is 5.01 Å². The zero-order valence-corrected chi connectivity index (χ0v) is 25.4. The highest BCUT2D eigenvalue weighted by Crippen LogP contribution is 2.37. The lowest BCUT2D eigenvalue weighted by molar-refractivity contribution is -0.441. The Morgan fingerprint density at radius 3 is 1.59 bits per heavy atom. The minimum Gasteiger partial charge on any atom is -0.257 e. The number of rotatable bonds is 7. The van der Waals surface area contributed by atoms with E-state index in [1.165, 1.54) is 33.5 Å². The summed E-state index contributed by atoms with van der Waals surface area (Å²) in [5, 5.41) is 12.3. The van der Waals surface area contributed by atoms with Gasteiger partial charge in [-0.25, -0.2) is 0 Å². The smallest absolute Gasteiger partial charge is 0.238 e. The average molecular weight is 594 g/mol. The Balaban J connectivity index is 1.06. The Kier molecular flexibility index (Phi) is 7.37. The molecule has 4 nitrogen and oxygen atoms in total. The van der Waals surface area contributed by atoms with Gasteiger partial charge in [-0.1, -0.05) is 133 Å². The molecule has 0 bridgehead atoms. The molecular formula is C42H33N4+. The molecule has 0 spiro atoms. The van der Waals surface area contributed by atoms with E-state index >= 15 is 0 Å². The van der Waals surface area contributed by atoms with Crippen LogP contribution >= 0.6 is 0 Å². The summed E-state index contributed by atoms with van der Waals surface area (Å²) in [5.41, 5.74) is 12.7. The zero-order chi connectivity index (χ0) is 30.7. The van der Waals surface area contributed by atoms with Crippen molar-refractivity contribution in [2.24, 2.45) is 10.2 Å². The minimum absolute atomic E-state index is 0.135. The number of hydrazone groups is 2. The molecule has 6 aromatic carbocycles. The summed E-state index contributed by atoms with van der Waals surface area (Å²) in [6, 6.07) is 59.9. The Bertz CT molecular complexity index is 2050. The largest absolute Gasteiger partial charge is 0.257 e. The summed E-state index contributed by atoms with van der Waals surface area (Å²) in [7, 11) is 0. The van der Waals surface area contributed by atoms with Crippen molar-refractivity contribution in [3.05, 3.63) is 192 Å². The summed E-state index contributed by atoms with van der Waals surface area (Å²) >= 11 is 0. The molecule has 2 aliphatic heterocycles. The van der Waals surface area contributed by atoms with E-state index in [0.717, 1.165) is 41.2 Å². The van der Waals surface area contributed by atoms with Gasteiger partial charge in [0.25, 0.3) is 0 Å². The second-order valence-corrected chi connectivity index (χ2v) is 11.7. The lowest BCUT2D eigenvalue weighted by atomic mass is 9.95. The highest BCUT2D eigenvalue weighted by atomic mass is 15.5. The van der Waals surface area contributed by atoms with Gasteiger partial charge in [0.1, 0.15) is 5.71 Å². The molecule has 4 heteroatoms. The highest BCUT2D eigenvalue weighted by molar-refractivity contribution is 6.18. The van der Waals surface area contributed by atoms with E-state index in [0.29, 0.717) is 0 Å². The first-order valence-corrected chi connectivity index (χ1v) is 15.8. The first-order valence-electron chi connectivity index (χ1n) is 15.8. The molecule has 46 heavy (non-hydrogen) atoms. The van der Waals surface area contributed by atoms with Gasteiger partial charge in [-0.15, -0.1) is 0 Å². The van der Waals surface area contributed by atoms with Crippen LogP contribution in [-0.4, -0.2) is 21.8 Å². The lowest BCUT2D eigenvalue weighted by Gasteiger charge is -2.24. The summed E-state index contributed by atoms with van der Waals surface area (Å²) in [4.78, 5) is 0. The SMILES string of the molecule is c1ccc(C2=NN(c3ccccc3)C(c3ccc(-c4ccc(C5=[N+](c6ccccc6)N=C(c6ccccc6)C5)cc4)cc3)C2)cc1. The van der Waals surface area contributed by atoms with Gasteiger partial charge < -0.3 is 0 Å². The summed E-state index contributed by atoms with van der Waals surface area (Å²) in [6.07, 6.45) is 1.63. The molecule has 6 aromatic rings. The molecule has 2 heterocycles. The second kappa shape index (κ2) is 12.3. The third-order valence-electron chi connectivity index (χ3n) is 8.80. The van der Waals surface area contributed by atoms with Crippen LogP contribution in [0.5, 0.6) is 0 Å². The summed E-state index contributed by atoms with van der Waals surface area (Å²) in [5.74, 6) is 0. The van der Waals surface area contributed by atoms with E-state index in [4.69, 9.17) is 10.2 Å². The first-order chi connectivity index (χ1) is 22.8. The third-order valence-corrected chi connectivity index (χ3v) is 8.80. The van der Waals surface area contributed by atoms with Crippen LogP contribution < -0.4 is 5.01 Å². The Labute approximate surface area is 269 Å². The highest BCUT2D eigenvalue weighted by Gasteiger charge is 2.31. The van der Waals surface area contributed by atoms with Crippen molar-refractivity contribution in [1.29, 1.82) is 0 Å². The van der Waals surface area contributed by atoms with Gasteiger partial charge in [0.05, 0.1) is 23.9 Å². The number of benzene rings is 6. The van der Waals surface area contributed by atoms with Crippen LogP contribution in [0.1, 0.15) is 41.1 Å². The van der Waals surface area contributed by atoms with E-state index < -0.39 is 0 Å². The standard InChI is InChI=1S/C42H33N4/c1-5-13-33(14-6-1)39-29-41(45(43-39)37-17-9-3-10-18-37)35-25-21-31(22-26-35)32-23-27-36(28-24-32)42-30-40(34-15-7-2-8-16-34)44-46(42)38-19-11-4-12-20-38/h1-28,41H,29-30H2/q+1.